The van der Waals surface area contributed by atoms with Gasteiger partial charge in [0.2, 0.25) is 11.8 Å². The summed E-state index contributed by atoms with van der Waals surface area (Å²) in [5.41, 5.74) is 2.08. The summed E-state index contributed by atoms with van der Waals surface area (Å²) in [4.78, 5) is 24.9. The number of hydrogen-bond donors (Lipinski definition) is 2. The SMILES string of the molecule is CCn1c(CC(=O)Nc2ccccc2OC)nnc1SCC(=O)Nc1cccc(Cl)c1C. The molecule has 0 aliphatic heterocycles. The van der Waals surface area contributed by atoms with Crippen LogP contribution in [0.3, 0.4) is 0 Å². The van der Waals surface area contributed by atoms with Gasteiger partial charge in [0.1, 0.15) is 11.6 Å². The van der Waals surface area contributed by atoms with Crippen LogP contribution in [0.1, 0.15) is 18.3 Å². The molecule has 168 valence electrons. The molecule has 10 heteroatoms. The first-order valence-corrected chi connectivity index (χ1v) is 11.3. The van der Waals surface area contributed by atoms with Gasteiger partial charge in [0, 0.05) is 17.3 Å². The Kier molecular flexibility index (Phi) is 8.13. The van der Waals surface area contributed by atoms with Crippen LogP contribution in [-0.2, 0) is 22.6 Å². The smallest absolute Gasteiger partial charge is 0.234 e. The van der Waals surface area contributed by atoms with Gasteiger partial charge in [0.05, 0.1) is 25.0 Å². The molecule has 0 bridgehead atoms. The molecule has 0 fully saturated rings. The van der Waals surface area contributed by atoms with Gasteiger partial charge in [-0.15, -0.1) is 10.2 Å². The lowest BCUT2D eigenvalue weighted by Gasteiger charge is -2.11. The number of para-hydroxylation sites is 2. The number of hydrogen-bond acceptors (Lipinski definition) is 6. The quantitative estimate of drug-likeness (QED) is 0.452. The summed E-state index contributed by atoms with van der Waals surface area (Å²) in [5, 5.41) is 15.2. The van der Waals surface area contributed by atoms with Crippen molar-refractivity contribution in [1.29, 1.82) is 0 Å². The number of amides is 2. The van der Waals surface area contributed by atoms with E-state index >= 15 is 0 Å². The van der Waals surface area contributed by atoms with Crippen molar-refractivity contribution in [2.75, 3.05) is 23.5 Å². The number of nitrogens with zero attached hydrogens (tertiary/aromatic N) is 3. The molecular formula is C22H24ClN5O3S. The van der Waals surface area contributed by atoms with E-state index in [0.717, 1.165) is 5.56 Å². The maximum Gasteiger partial charge on any atom is 0.234 e. The number of methoxy groups -OCH3 is 1. The Morgan fingerprint density at radius 3 is 2.53 bits per heavy atom. The van der Waals surface area contributed by atoms with Gasteiger partial charge in [0.25, 0.3) is 0 Å². The Balaban J connectivity index is 1.61. The second kappa shape index (κ2) is 11.0. The number of carbonyl (C=O) groups is 2. The standard InChI is InChI=1S/C22H24ClN5O3S/c1-4-28-19(12-20(29)25-17-9-5-6-11-18(17)31-3)26-27-22(28)32-13-21(30)24-16-10-7-8-15(23)14(16)2/h5-11H,4,12-13H2,1-3H3,(H,24,30)(H,25,29). The molecule has 2 N–H and O–H groups in total. The lowest BCUT2D eigenvalue weighted by atomic mass is 10.2. The number of halogens is 1. The lowest BCUT2D eigenvalue weighted by Crippen LogP contribution is -2.18. The van der Waals surface area contributed by atoms with Gasteiger partial charge < -0.3 is 19.9 Å². The molecule has 0 aliphatic rings. The van der Waals surface area contributed by atoms with Crippen LogP contribution in [0.2, 0.25) is 5.02 Å². The van der Waals surface area contributed by atoms with Crippen LogP contribution >= 0.6 is 23.4 Å². The fraction of sp³-hybridized carbons (Fsp3) is 0.273. The van der Waals surface area contributed by atoms with Gasteiger partial charge >= 0.3 is 0 Å². The Labute approximate surface area is 195 Å². The Bertz CT molecular complexity index is 1120. The summed E-state index contributed by atoms with van der Waals surface area (Å²) >= 11 is 7.36. The molecule has 32 heavy (non-hydrogen) atoms. The minimum atomic E-state index is -0.234. The van der Waals surface area contributed by atoms with Crippen LogP contribution in [0.5, 0.6) is 5.75 Å². The van der Waals surface area contributed by atoms with Crippen LogP contribution in [0.15, 0.2) is 47.6 Å². The van der Waals surface area contributed by atoms with Gasteiger partial charge in [-0.25, -0.2) is 0 Å². The normalized spacial score (nSPS) is 10.6. The average Bonchev–Trinajstić information content (AvgIpc) is 3.17. The van der Waals surface area contributed by atoms with Gasteiger partial charge in [0.15, 0.2) is 5.16 Å². The lowest BCUT2D eigenvalue weighted by molar-refractivity contribution is -0.116. The van der Waals surface area contributed by atoms with E-state index in [2.05, 4.69) is 20.8 Å². The highest BCUT2D eigenvalue weighted by Gasteiger charge is 2.17. The van der Waals surface area contributed by atoms with E-state index < -0.39 is 0 Å². The summed E-state index contributed by atoms with van der Waals surface area (Å²) < 4.78 is 7.08. The van der Waals surface area contributed by atoms with Gasteiger partial charge in [-0.3, -0.25) is 9.59 Å². The molecule has 2 amide bonds. The summed E-state index contributed by atoms with van der Waals surface area (Å²) in [6.07, 6.45) is 0.0490. The zero-order valence-corrected chi connectivity index (χ0v) is 19.6. The number of thioether (sulfide) groups is 1. The highest BCUT2D eigenvalue weighted by molar-refractivity contribution is 7.99. The van der Waals surface area contributed by atoms with E-state index in [-0.39, 0.29) is 24.0 Å². The fourth-order valence-corrected chi connectivity index (χ4v) is 4.02. The Morgan fingerprint density at radius 2 is 1.78 bits per heavy atom. The minimum absolute atomic E-state index is 0.0490. The van der Waals surface area contributed by atoms with Crippen molar-refractivity contribution in [3.05, 3.63) is 58.9 Å². The monoisotopic (exact) mass is 473 g/mol. The maximum atomic E-state index is 12.5. The largest absolute Gasteiger partial charge is 0.495 e. The number of aromatic nitrogens is 3. The third-order valence-corrected chi connectivity index (χ3v) is 6.06. The van der Waals surface area contributed by atoms with Crippen molar-refractivity contribution in [3.63, 3.8) is 0 Å². The molecule has 0 saturated carbocycles. The zero-order chi connectivity index (χ0) is 23.1. The molecule has 0 spiro atoms. The molecule has 0 aliphatic carbocycles. The number of rotatable bonds is 9. The Morgan fingerprint density at radius 1 is 1.06 bits per heavy atom. The molecule has 1 heterocycles. The van der Waals surface area contributed by atoms with Crippen molar-refractivity contribution in [1.82, 2.24) is 14.8 Å². The molecule has 3 rings (SSSR count). The van der Waals surface area contributed by atoms with Crippen LogP contribution in [0, 0.1) is 6.92 Å². The highest BCUT2D eigenvalue weighted by atomic mass is 35.5. The minimum Gasteiger partial charge on any atom is -0.495 e. The second-order valence-electron chi connectivity index (χ2n) is 6.82. The number of benzene rings is 2. The van der Waals surface area contributed by atoms with E-state index in [1.54, 1.807) is 37.4 Å². The molecule has 1 aromatic heterocycles. The van der Waals surface area contributed by atoms with E-state index in [1.807, 2.05) is 30.5 Å². The van der Waals surface area contributed by atoms with Crippen molar-refractivity contribution in [2.45, 2.75) is 32.0 Å². The molecule has 8 nitrogen and oxygen atoms in total. The van der Waals surface area contributed by atoms with Gasteiger partial charge in [-0.05, 0) is 43.7 Å². The Hall–Kier alpha value is -3.04. The third kappa shape index (κ3) is 5.80. The molecule has 0 unspecified atom stereocenters. The van der Waals surface area contributed by atoms with Crippen LogP contribution in [-0.4, -0.2) is 39.4 Å². The predicted molar refractivity (Wildman–Crippen MR) is 127 cm³/mol. The summed E-state index contributed by atoms with van der Waals surface area (Å²) in [7, 11) is 1.55. The van der Waals surface area contributed by atoms with Crippen molar-refractivity contribution in [3.8, 4) is 5.75 Å². The first-order valence-electron chi connectivity index (χ1n) is 9.95. The highest BCUT2D eigenvalue weighted by Crippen LogP contribution is 2.25. The summed E-state index contributed by atoms with van der Waals surface area (Å²) in [6.45, 7) is 4.35. The third-order valence-electron chi connectivity index (χ3n) is 4.68. The first kappa shape index (κ1) is 23.6. The number of carbonyl (C=O) groups excluding carboxylic acids is 2. The molecule has 0 atom stereocenters. The molecule has 0 saturated heterocycles. The van der Waals surface area contributed by atoms with E-state index in [9.17, 15) is 9.59 Å². The number of anilines is 2. The van der Waals surface area contributed by atoms with E-state index in [0.29, 0.717) is 39.7 Å². The zero-order valence-electron chi connectivity index (χ0n) is 18.0. The molecule has 2 aromatic carbocycles. The topological polar surface area (TPSA) is 98.1 Å². The fourth-order valence-electron chi connectivity index (χ4n) is 3.02. The van der Waals surface area contributed by atoms with E-state index in [1.165, 1.54) is 11.8 Å². The van der Waals surface area contributed by atoms with Gasteiger partial charge in [-0.2, -0.15) is 0 Å². The number of ether oxygens (including phenoxy) is 1. The summed E-state index contributed by atoms with van der Waals surface area (Å²) in [5.74, 6) is 0.838. The van der Waals surface area contributed by atoms with Crippen LogP contribution < -0.4 is 15.4 Å². The van der Waals surface area contributed by atoms with E-state index in [4.69, 9.17) is 16.3 Å². The first-order chi connectivity index (χ1) is 15.4. The molecular weight excluding hydrogens is 450 g/mol. The van der Waals surface area contributed by atoms with Crippen molar-refractivity contribution < 1.29 is 14.3 Å². The predicted octanol–water partition coefficient (Wildman–Crippen LogP) is 4.18. The second-order valence-corrected chi connectivity index (χ2v) is 8.17. The summed E-state index contributed by atoms with van der Waals surface area (Å²) in [6, 6.07) is 12.5. The molecule has 0 radical (unpaired) electrons. The average molecular weight is 474 g/mol. The number of nitrogens with one attached hydrogen (secondary N) is 2. The van der Waals surface area contributed by atoms with Crippen LogP contribution in [0.4, 0.5) is 11.4 Å². The van der Waals surface area contributed by atoms with Gasteiger partial charge in [-0.1, -0.05) is 41.6 Å². The van der Waals surface area contributed by atoms with Crippen molar-refractivity contribution in [2.24, 2.45) is 0 Å². The molecule has 3 aromatic rings. The van der Waals surface area contributed by atoms with Crippen molar-refractivity contribution >= 4 is 46.6 Å². The van der Waals surface area contributed by atoms with Crippen LogP contribution in [0.25, 0.3) is 0 Å². The maximum absolute atomic E-state index is 12.5.